The first-order valence-electron chi connectivity index (χ1n) is 6.32. The molecular weight excluding hydrogens is 244 g/mol. The number of ether oxygens (including phenoxy) is 2. The molecule has 19 heavy (non-hydrogen) atoms. The number of nitrogens with two attached hydrogens (primary N) is 1. The van der Waals surface area contributed by atoms with Gasteiger partial charge in [0.1, 0.15) is 0 Å². The molecule has 5 nitrogen and oxygen atoms in total. The zero-order valence-corrected chi connectivity index (χ0v) is 12.0. The molecular formula is C14H22N2O3. The van der Waals surface area contributed by atoms with Crippen molar-refractivity contribution in [3.05, 3.63) is 17.7 Å². The van der Waals surface area contributed by atoms with Crippen molar-refractivity contribution in [2.45, 2.75) is 19.8 Å². The predicted octanol–water partition coefficient (Wildman–Crippen LogP) is 2.16. The summed E-state index contributed by atoms with van der Waals surface area (Å²) in [6.07, 6.45) is 2.02. The number of amides is 1. The number of carbonyl (C=O) groups excluding carboxylic acids is 1. The molecule has 2 N–H and O–H groups in total. The van der Waals surface area contributed by atoms with Crippen LogP contribution in [-0.2, 0) is 0 Å². The summed E-state index contributed by atoms with van der Waals surface area (Å²) in [5, 5.41) is 0. The average Bonchev–Trinajstić information content (AvgIpc) is 2.42. The van der Waals surface area contributed by atoms with Crippen LogP contribution in [0.5, 0.6) is 11.5 Å². The van der Waals surface area contributed by atoms with Crippen LogP contribution < -0.4 is 15.2 Å². The van der Waals surface area contributed by atoms with Gasteiger partial charge in [0.05, 0.1) is 19.9 Å². The van der Waals surface area contributed by atoms with E-state index in [1.807, 2.05) is 0 Å². The first kappa shape index (κ1) is 15.1. The van der Waals surface area contributed by atoms with Crippen molar-refractivity contribution in [1.82, 2.24) is 4.90 Å². The van der Waals surface area contributed by atoms with Crippen molar-refractivity contribution in [2.75, 3.05) is 33.5 Å². The van der Waals surface area contributed by atoms with Crippen molar-refractivity contribution < 1.29 is 14.3 Å². The Hall–Kier alpha value is -1.91. The van der Waals surface area contributed by atoms with Gasteiger partial charge in [0, 0.05) is 19.2 Å². The number of hydrogen-bond donors (Lipinski definition) is 1. The lowest BCUT2D eigenvalue weighted by atomic mass is 10.1. The molecule has 1 aromatic carbocycles. The van der Waals surface area contributed by atoms with E-state index in [-0.39, 0.29) is 5.91 Å². The summed E-state index contributed by atoms with van der Waals surface area (Å²) in [6.45, 7) is 2.82. The largest absolute Gasteiger partial charge is 0.493 e. The van der Waals surface area contributed by atoms with Gasteiger partial charge in [-0.2, -0.15) is 0 Å². The lowest BCUT2D eigenvalue weighted by Gasteiger charge is -2.18. The summed E-state index contributed by atoms with van der Waals surface area (Å²) < 4.78 is 10.3. The van der Waals surface area contributed by atoms with Crippen LogP contribution in [0.15, 0.2) is 12.1 Å². The van der Waals surface area contributed by atoms with Gasteiger partial charge in [-0.15, -0.1) is 0 Å². The Morgan fingerprint density at radius 3 is 2.53 bits per heavy atom. The van der Waals surface area contributed by atoms with Gasteiger partial charge in [-0.1, -0.05) is 13.3 Å². The Labute approximate surface area is 114 Å². The Morgan fingerprint density at radius 2 is 2.00 bits per heavy atom. The Morgan fingerprint density at radius 1 is 1.32 bits per heavy atom. The number of rotatable bonds is 6. The molecule has 106 valence electrons. The topological polar surface area (TPSA) is 64.8 Å². The van der Waals surface area contributed by atoms with E-state index in [1.165, 1.54) is 14.2 Å². The van der Waals surface area contributed by atoms with Crippen LogP contribution in [0, 0.1) is 0 Å². The van der Waals surface area contributed by atoms with E-state index >= 15 is 0 Å². The molecule has 0 bridgehead atoms. The first-order valence-corrected chi connectivity index (χ1v) is 6.32. The molecule has 1 amide bonds. The van der Waals surface area contributed by atoms with E-state index in [0.29, 0.717) is 22.7 Å². The van der Waals surface area contributed by atoms with Crippen molar-refractivity contribution >= 4 is 11.6 Å². The third-order valence-corrected chi connectivity index (χ3v) is 2.95. The maximum atomic E-state index is 12.2. The smallest absolute Gasteiger partial charge is 0.253 e. The number of carbonyl (C=O) groups is 1. The standard InChI is InChI=1S/C14H22N2O3/c1-5-6-7-16(2)14(17)10-8-11(15)13(19-4)12(9-10)18-3/h8-9H,5-7,15H2,1-4H3. The van der Waals surface area contributed by atoms with Crippen LogP contribution in [0.4, 0.5) is 5.69 Å². The number of nitrogens with zero attached hydrogens (tertiary/aromatic N) is 1. The molecule has 0 atom stereocenters. The van der Waals surface area contributed by atoms with Gasteiger partial charge in [0.15, 0.2) is 11.5 Å². The minimum atomic E-state index is -0.0684. The van der Waals surface area contributed by atoms with E-state index in [9.17, 15) is 4.79 Å². The summed E-state index contributed by atoms with van der Waals surface area (Å²) in [6, 6.07) is 3.27. The number of benzene rings is 1. The SMILES string of the molecule is CCCCN(C)C(=O)c1cc(N)c(OC)c(OC)c1. The highest BCUT2D eigenvalue weighted by molar-refractivity contribution is 5.96. The molecule has 1 aromatic rings. The number of unbranched alkanes of at least 4 members (excludes halogenated alkanes) is 1. The Kier molecular flexibility index (Phi) is 5.48. The second-order valence-electron chi connectivity index (χ2n) is 4.38. The highest BCUT2D eigenvalue weighted by Gasteiger charge is 2.17. The van der Waals surface area contributed by atoms with Crippen molar-refractivity contribution in [1.29, 1.82) is 0 Å². The van der Waals surface area contributed by atoms with E-state index < -0.39 is 0 Å². The number of methoxy groups -OCH3 is 2. The predicted molar refractivity (Wildman–Crippen MR) is 75.8 cm³/mol. The molecule has 0 saturated carbocycles. The van der Waals surface area contributed by atoms with Crippen LogP contribution in [0.1, 0.15) is 30.1 Å². The van der Waals surface area contributed by atoms with Gasteiger partial charge in [-0.25, -0.2) is 0 Å². The molecule has 0 spiro atoms. The quantitative estimate of drug-likeness (QED) is 0.801. The zero-order valence-electron chi connectivity index (χ0n) is 12.0. The Bertz CT molecular complexity index is 447. The molecule has 0 radical (unpaired) electrons. The molecule has 0 aliphatic carbocycles. The van der Waals surface area contributed by atoms with Crippen molar-refractivity contribution in [2.24, 2.45) is 0 Å². The summed E-state index contributed by atoms with van der Waals surface area (Å²) in [5.74, 6) is 0.853. The van der Waals surface area contributed by atoms with Gasteiger partial charge >= 0.3 is 0 Å². The van der Waals surface area contributed by atoms with Crippen LogP contribution in [0.3, 0.4) is 0 Å². The molecule has 5 heteroatoms. The highest BCUT2D eigenvalue weighted by Crippen LogP contribution is 2.34. The van der Waals surface area contributed by atoms with Crippen LogP contribution in [-0.4, -0.2) is 38.6 Å². The van der Waals surface area contributed by atoms with Crippen molar-refractivity contribution in [3.8, 4) is 11.5 Å². The van der Waals surface area contributed by atoms with Crippen LogP contribution in [0.25, 0.3) is 0 Å². The second kappa shape index (κ2) is 6.87. The van der Waals surface area contributed by atoms with E-state index in [2.05, 4.69) is 6.92 Å². The fraction of sp³-hybridized carbons (Fsp3) is 0.500. The number of anilines is 1. The summed E-state index contributed by atoms with van der Waals surface area (Å²) >= 11 is 0. The molecule has 0 fully saturated rings. The summed E-state index contributed by atoms with van der Waals surface area (Å²) in [4.78, 5) is 13.9. The molecule has 0 aliphatic heterocycles. The molecule has 0 aliphatic rings. The van der Waals surface area contributed by atoms with Crippen LogP contribution >= 0.6 is 0 Å². The molecule has 0 saturated heterocycles. The molecule has 0 unspecified atom stereocenters. The fourth-order valence-electron chi connectivity index (χ4n) is 1.83. The van der Waals surface area contributed by atoms with Gasteiger partial charge in [0.2, 0.25) is 0 Å². The Balaban J connectivity index is 3.01. The third-order valence-electron chi connectivity index (χ3n) is 2.95. The van der Waals surface area contributed by atoms with E-state index in [0.717, 1.165) is 19.4 Å². The maximum Gasteiger partial charge on any atom is 0.253 e. The minimum Gasteiger partial charge on any atom is -0.493 e. The fourth-order valence-corrected chi connectivity index (χ4v) is 1.83. The zero-order chi connectivity index (χ0) is 14.4. The molecule has 0 heterocycles. The van der Waals surface area contributed by atoms with Crippen LogP contribution in [0.2, 0.25) is 0 Å². The lowest BCUT2D eigenvalue weighted by Crippen LogP contribution is -2.27. The van der Waals surface area contributed by atoms with E-state index in [4.69, 9.17) is 15.2 Å². The lowest BCUT2D eigenvalue weighted by molar-refractivity contribution is 0.0793. The minimum absolute atomic E-state index is 0.0684. The summed E-state index contributed by atoms with van der Waals surface area (Å²) in [5.41, 5.74) is 6.78. The first-order chi connectivity index (χ1) is 9.04. The van der Waals surface area contributed by atoms with Gasteiger partial charge in [0.25, 0.3) is 5.91 Å². The third kappa shape index (κ3) is 3.53. The second-order valence-corrected chi connectivity index (χ2v) is 4.38. The monoisotopic (exact) mass is 266 g/mol. The van der Waals surface area contributed by atoms with Crippen molar-refractivity contribution in [3.63, 3.8) is 0 Å². The molecule has 1 rings (SSSR count). The normalized spacial score (nSPS) is 10.1. The van der Waals surface area contributed by atoms with Gasteiger partial charge in [-0.3, -0.25) is 4.79 Å². The average molecular weight is 266 g/mol. The van der Waals surface area contributed by atoms with Gasteiger partial charge in [-0.05, 0) is 18.6 Å². The summed E-state index contributed by atoms with van der Waals surface area (Å²) in [7, 11) is 4.82. The number of nitrogen functional groups attached to an aromatic ring is 1. The maximum absolute atomic E-state index is 12.2. The number of hydrogen-bond acceptors (Lipinski definition) is 4. The highest BCUT2D eigenvalue weighted by atomic mass is 16.5. The van der Waals surface area contributed by atoms with E-state index in [1.54, 1.807) is 24.1 Å². The molecule has 0 aromatic heterocycles. The van der Waals surface area contributed by atoms with Gasteiger partial charge < -0.3 is 20.1 Å².